The van der Waals surface area contributed by atoms with Gasteiger partial charge in [0.1, 0.15) is 5.82 Å². The molecule has 1 aromatic heterocycles. The molecule has 9 heteroatoms. The Morgan fingerprint density at radius 1 is 0.969 bits per heavy atom. The summed E-state index contributed by atoms with van der Waals surface area (Å²) >= 11 is 5.81. The van der Waals surface area contributed by atoms with Gasteiger partial charge in [0.25, 0.3) is 5.56 Å². The number of hydrogen-bond acceptors (Lipinski definition) is 3. The first-order valence-corrected chi connectivity index (χ1v) is 10.2. The predicted molar refractivity (Wildman–Crippen MR) is 117 cm³/mol. The van der Waals surface area contributed by atoms with Crippen LogP contribution in [0.2, 0.25) is 5.02 Å². The maximum absolute atomic E-state index is 14.6. The Morgan fingerprint density at radius 3 is 2.28 bits per heavy atom. The van der Waals surface area contributed by atoms with Crippen molar-refractivity contribution in [3.8, 4) is 5.69 Å². The van der Waals surface area contributed by atoms with Crippen molar-refractivity contribution in [2.24, 2.45) is 17.8 Å². The van der Waals surface area contributed by atoms with E-state index in [0.29, 0.717) is 16.4 Å². The summed E-state index contributed by atoms with van der Waals surface area (Å²) in [5, 5.41) is 5.55. The summed E-state index contributed by atoms with van der Waals surface area (Å²) in [6, 6.07) is 14.8. The van der Waals surface area contributed by atoms with Gasteiger partial charge in [0.2, 0.25) is 11.8 Å². The fourth-order valence-corrected chi connectivity index (χ4v) is 3.78. The van der Waals surface area contributed by atoms with Crippen molar-refractivity contribution in [1.82, 2.24) is 4.57 Å². The first-order valence-electron chi connectivity index (χ1n) is 9.80. The van der Waals surface area contributed by atoms with Gasteiger partial charge in [-0.05, 0) is 42.5 Å². The van der Waals surface area contributed by atoms with Crippen molar-refractivity contribution >= 4 is 34.8 Å². The zero-order chi connectivity index (χ0) is 22.8. The van der Waals surface area contributed by atoms with E-state index in [9.17, 15) is 23.2 Å². The molecule has 2 N–H and O–H groups in total. The molecule has 3 atom stereocenters. The van der Waals surface area contributed by atoms with E-state index in [2.05, 4.69) is 10.6 Å². The van der Waals surface area contributed by atoms with Crippen molar-refractivity contribution in [1.29, 1.82) is 0 Å². The van der Waals surface area contributed by atoms with Gasteiger partial charge in [-0.25, -0.2) is 4.39 Å². The highest BCUT2D eigenvalue weighted by atomic mass is 35.5. The average Bonchev–Trinajstić information content (AvgIpc) is 3.52. The molecule has 2 aromatic carbocycles. The van der Waals surface area contributed by atoms with Crippen LogP contribution in [0.25, 0.3) is 5.69 Å². The Morgan fingerprint density at radius 2 is 1.66 bits per heavy atom. The lowest BCUT2D eigenvalue weighted by Crippen LogP contribution is -2.21. The van der Waals surface area contributed by atoms with Crippen LogP contribution in [-0.4, -0.2) is 23.1 Å². The topological polar surface area (TPSA) is 80.2 Å². The monoisotopic (exact) mass is 457 g/mol. The zero-order valence-electron chi connectivity index (χ0n) is 16.6. The second kappa shape index (κ2) is 8.92. The minimum absolute atomic E-state index is 0.121. The molecule has 32 heavy (non-hydrogen) atoms. The molecule has 6 nitrogen and oxygen atoms in total. The number of nitrogens with one attached hydrogen (secondary N) is 2. The van der Waals surface area contributed by atoms with E-state index in [1.54, 1.807) is 36.4 Å². The van der Waals surface area contributed by atoms with Gasteiger partial charge in [-0.15, -0.1) is 0 Å². The molecule has 3 aromatic rings. The summed E-state index contributed by atoms with van der Waals surface area (Å²) in [7, 11) is 0. The van der Waals surface area contributed by atoms with E-state index in [-0.39, 0.29) is 11.2 Å². The fraction of sp³-hybridized carbons (Fsp3) is 0.174. The van der Waals surface area contributed by atoms with Gasteiger partial charge in [0.05, 0.1) is 29.9 Å². The van der Waals surface area contributed by atoms with Crippen LogP contribution in [0.3, 0.4) is 0 Å². The SMILES string of the molecule is O=C(Nc1ccc(Cl)cc1)[C@@H]1[C@H](CF)[C@@H]1C(=O)Nc1ccc(-n2ccccc2=O)cc1F. The number of nitrogens with zero attached hydrogens (tertiary/aromatic N) is 1. The Kier molecular flexibility index (Phi) is 6.05. The van der Waals surface area contributed by atoms with Crippen LogP contribution < -0.4 is 16.2 Å². The van der Waals surface area contributed by atoms with Gasteiger partial charge in [-0.1, -0.05) is 17.7 Å². The first-order chi connectivity index (χ1) is 15.4. The Labute approximate surface area is 186 Å². The predicted octanol–water partition coefficient (Wildman–Crippen LogP) is 4.04. The summed E-state index contributed by atoms with van der Waals surface area (Å²) in [5.74, 6) is -4.45. The smallest absolute Gasteiger partial charge is 0.255 e. The fourth-order valence-electron chi connectivity index (χ4n) is 3.65. The van der Waals surface area contributed by atoms with E-state index < -0.39 is 42.1 Å². The van der Waals surface area contributed by atoms with E-state index in [0.717, 1.165) is 6.07 Å². The molecule has 0 unspecified atom stereocenters. The molecule has 0 radical (unpaired) electrons. The Balaban J connectivity index is 1.45. The second-order valence-corrected chi connectivity index (χ2v) is 7.86. The summed E-state index contributed by atoms with van der Waals surface area (Å²) < 4.78 is 29.2. The molecule has 4 rings (SSSR count). The number of rotatable bonds is 6. The molecule has 1 saturated carbocycles. The van der Waals surface area contributed by atoms with E-state index in [1.807, 2.05) is 0 Å². The number of carbonyl (C=O) groups is 2. The highest BCUT2D eigenvalue weighted by Gasteiger charge is 2.59. The van der Waals surface area contributed by atoms with E-state index >= 15 is 0 Å². The molecule has 0 spiro atoms. The summed E-state index contributed by atoms with van der Waals surface area (Å²) in [5.41, 5.74) is 0.311. The maximum atomic E-state index is 14.6. The molecule has 1 aliphatic carbocycles. The molecule has 2 amide bonds. The van der Waals surface area contributed by atoms with Crippen LogP contribution in [0.5, 0.6) is 0 Å². The van der Waals surface area contributed by atoms with Crippen LogP contribution >= 0.6 is 11.6 Å². The first kappa shape index (κ1) is 21.7. The molecule has 0 bridgehead atoms. The van der Waals surface area contributed by atoms with Gasteiger partial charge >= 0.3 is 0 Å². The molecule has 1 aliphatic rings. The van der Waals surface area contributed by atoms with Crippen molar-refractivity contribution in [2.45, 2.75) is 0 Å². The van der Waals surface area contributed by atoms with Gasteiger partial charge in [-0.2, -0.15) is 0 Å². The van der Waals surface area contributed by atoms with Crippen LogP contribution in [0, 0.1) is 23.6 Å². The highest BCUT2D eigenvalue weighted by Crippen LogP contribution is 2.48. The second-order valence-electron chi connectivity index (χ2n) is 7.43. The minimum atomic E-state index is -0.914. The largest absolute Gasteiger partial charge is 0.326 e. The van der Waals surface area contributed by atoms with Crippen molar-refractivity contribution in [3.63, 3.8) is 0 Å². The molecule has 164 valence electrons. The lowest BCUT2D eigenvalue weighted by molar-refractivity contribution is -0.122. The third kappa shape index (κ3) is 4.40. The van der Waals surface area contributed by atoms with Gasteiger partial charge in [-0.3, -0.25) is 23.3 Å². The van der Waals surface area contributed by atoms with Crippen LogP contribution in [0.1, 0.15) is 0 Å². The third-order valence-corrected chi connectivity index (χ3v) is 5.63. The normalized spacial score (nSPS) is 19.3. The maximum Gasteiger partial charge on any atom is 0.255 e. The number of hydrogen-bond donors (Lipinski definition) is 2. The lowest BCUT2D eigenvalue weighted by Gasteiger charge is -2.10. The van der Waals surface area contributed by atoms with E-state index in [1.165, 1.54) is 29.0 Å². The summed E-state index contributed by atoms with van der Waals surface area (Å²) in [4.78, 5) is 37.0. The number of amides is 2. The zero-order valence-corrected chi connectivity index (χ0v) is 17.4. The third-order valence-electron chi connectivity index (χ3n) is 5.38. The quantitative estimate of drug-likeness (QED) is 0.586. The summed E-state index contributed by atoms with van der Waals surface area (Å²) in [6.07, 6.45) is 1.50. The average molecular weight is 458 g/mol. The number of carbonyl (C=O) groups excluding carboxylic acids is 2. The Hall–Kier alpha value is -3.52. The highest BCUT2D eigenvalue weighted by molar-refractivity contribution is 6.30. The molecule has 0 aliphatic heterocycles. The van der Waals surface area contributed by atoms with E-state index in [4.69, 9.17) is 11.6 Å². The number of alkyl halides is 1. The number of anilines is 2. The number of benzene rings is 2. The number of pyridine rings is 1. The standard InChI is InChI=1S/C23H18ClF2N3O3/c24-13-4-6-14(7-5-13)27-22(31)20-16(12-25)21(20)23(32)28-18-9-8-15(11-17(18)26)29-10-2-1-3-19(29)30/h1-11,16,20-21H,12H2,(H,27,31)(H,28,32)/t16-,20+,21-/m0/s1. The van der Waals surface area contributed by atoms with Gasteiger partial charge < -0.3 is 10.6 Å². The van der Waals surface area contributed by atoms with Crippen molar-refractivity contribution in [3.05, 3.63) is 88.1 Å². The number of aromatic nitrogens is 1. The van der Waals surface area contributed by atoms with Crippen LogP contribution in [-0.2, 0) is 9.59 Å². The minimum Gasteiger partial charge on any atom is -0.326 e. The van der Waals surface area contributed by atoms with Gasteiger partial charge in [0, 0.05) is 35.0 Å². The molecule has 1 fully saturated rings. The van der Waals surface area contributed by atoms with Crippen molar-refractivity contribution in [2.75, 3.05) is 17.3 Å². The number of halogens is 3. The molecular weight excluding hydrogens is 440 g/mol. The van der Waals surface area contributed by atoms with Gasteiger partial charge in [0.15, 0.2) is 0 Å². The Bertz CT molecular complexity index is 1230. The van der Waals surface area contributed by atoms with Crippen LogP contribution in [0.15, 0.2) is 71.7 Å². The molecule has 0 saturated heterocycles. The molecule has 1 heterocycles. The van der Waals surface area contributed by atoms with Crippen molar-refractivity contribution < 1.29 is 18.4 Å². The molecular formula is C23H18ClF2N3O3. The van der Waals surface area contributed by atoms with Crippen LogP contribution in [0.4, 0.5) is 20.2 Å². The lowest BCUT2D eigenvalue weighted by atomic mass is 10.2. The summed E-state index contributed by atoms with van der Waals surface area (Å²) in [6.45, 7) is -0.852.